The Bertz CT molecular complexity index is 1060. The van der Waals surface area contributed by atoms with Gasteiger partial charge in [-0.15, -0.1) is 0 Å². The Morgan fingerprint density at radius 2 is 1.90 bits per heavy atom. The fourth-order valence-corrected chi connectivity index (χ4v) is 3.54. The van der Waals surface area contributed by atoms with E-state index in [0.29, 0.717) is 18.7 Å². The van der Waals surface area contributed by atoms with E-state index >= 15 is 0 Å². The maximum Gasteiger partial charge on any atom is 0.319 e. The second kappa shape index (κ2) is 8.22. The maximum absolute atomic E-state index is 12.3. The molecule has 3 aromatic carbocycles. The Hall–Kier alpha value is -3.54. The molecule has 4 rings (SSSR count). The molecule has 0 unspecified atom stereocenters. The lowest BCUT2D eigenvalue weighted by atomic mass is 10.1. The lowest BCUT2D eigenvalue weighted by molar-refractivity contribution is -0.117. The van der Waals surface area contributed by atoms with Gasteiger partial charge >= 0.3 is 6.03 Å². The van der Waals surface area contributed by atoms with Crippen molar-refractivity contribution < 1.29 is 14.3 Å². The molecular formula is C23H23N3O3. The molecule has 0 atom stereocenters. The zero-order valence-electron chi connectivity index (χ0n) is 16.3. The summed E-state index contributed by atoms with van der Waals surface area (Å²) < 4.78 is 5.25. The number of nitrogens with one attached hydrogen (secondary N) is 2. The summed E-state index contributed by atoms with van der Waals surface area (Å²) in [6.45, 7) is 1.14. The molecule has 0 aromatic heterocycles. The molecule has 0 radical (unpaired) electrons. The van der Waals surface area contributed by atoms with Gasteiger partial charge in [0.2, 0.25) is 5.91 Å². The molecule has 0 saturated carbocycles. The lowest BCUT2D eigenvalue weighted by Gasteiger charge is -2.17. The van der Waals surface area contributed by atoms with Crippen molar-refractivity contribution in [1.29, 1.82) is 0 Å². The molecule has 2 N–H and O–H groups in total. The van der Waals surface area contributed by atoms with Gasteiger partial charge in [0.1, 0.15) is 5.75 Å². The van der Waals surface area contributed by atoms with Crippen molar-refractivity contribution in [3.63, 3.8) is 0 Å². The number of urea groups is 1. The number of hydrogen-bond acceptors (Lipinski definition) is 3. The average Bonchev–Trinajstić information content (AvgIpc) is 3.18. The molecule has 3 amide bonds. The first-order valence-electron chi connectivity index (χ1n) is 9.64. The predicted octanol–water partition coefficient (Wildman–Crippen LogP) is 4.30. The van der Waals surface area contributed by atoms with Crippen molar-refractivity contribution in [2.24, 2.45) is 0 Å². The van der Waals surface area contributed by atoms with Crippen LogP contribution in [0.5, 0.6) is 5.75 Å². The van der Waals surface area contributed by atoms with Gasteiger partial charge in [0.15, 0.2) is 0 Å². The number of methoxy groups -OCH3 is 1. The second-order valence-corrected chi connectivity index (χ2v) is 7.05. The lowest BCUT2D eigenvalue weighted by Crippen LogP contribution is -2.28. The third-order valence-corrected chi connectivity index (χ3v) is 5.05. The molecule has 6 nitrogen and oxygen atoms in total. The fourth-order valence-electron chi connectivity index (χ4n) is 3.54. The molecule has 29 heavy (non-hydrogen) atoms. The monoisotopic (exact) mass is 389 g/mol. The Morgan fingerprint density at radius 1 is 1.07 bits per heavy atom. The van der Waals surface area contributed by atoms with Crippen molar-refractivity contribution in [3.05, 3.63) is 66.2 Å². The number of nitrogens with zero attached hydrogens (tertiary/aromatic N) is 1. The molecule has 1 heterocycles. The van der Waals surface area contributed by atoms with Crippen molar-refractivity contribution in [3.8, 4) is 5.75 Å². The number of ether oxygens (including phenoxy) is 1. The summed E-state index contributed by atoms with van der Waals surface area (Å²) in [6.07, 6.45) is 1.45. The van der Waals surface area contributed by atoms with Gasteiger partial charge in [-0.05, 0) is 59.2 Å². The van der Waals surface area contributed by atoms with E-state index < -0.39 is 0 Å². The van der Waals surface area contributed by atoms with Crippen molar-refractivity contribution in [1.82, 2.24) is 5.32 Å². The highest BCUT2D eigenvalue weighted by Crippen LogP contribution is 2.24. The summed E-state index contributed by atoms with van der Waals surface area (Å²) >= 11 is 0. The van der Waals surface area contributed by atoms with Crippen LogP contribution in [0.3, 0.4) is 0 Å². The third-order valence-electron chi connectivity index (χ3n) is 5.05. The minimum atomic E-state index is -0.287. The number of carbonyl (C=O) groups excluding carboxylic acids is 2. The van der Waals surface area contributed by atoms with Gasteiger partial charge in [0.05, 0.1) is 7.11 Å². The average molecular weight is 389 g/mol. The summed E-state index contributed by atoms with van der Waals surface area (Å²) in [5.41, 5.74) is 2.48. The Kier molecular flexibility index (Phi) is 5.33. The van der Waals surface area contributed by atoms with E-state index in [1.165, 1.54) is 0 Å². The van der Waals surface area contributed by atoms with Gasteiger partial charge in [0.25, 0.3) is 0 Å². The minimum Gasteiger partial charge on any atom is -0.497 e. The number of carbonyl (C=O) groups is 2. The Labute approximate surface area is 169 Å². The summed E-state index contributed by atoms with van der Waals surface area (Å²) in [4.78, 5) is 26.0. The molecule has 0 bridgehead atoms. The molecule has 0 aliphatic carbocycles. The summed E-state index contributed by atoms with van der Waals surface area (Å²) in [7, 11) is 1.65. The molecule has 1 saturated heterocycles. The first-order chi connectivity index (χ1) is 14.1. The molecule has 6 heteroatoms. The summed E-state index contributed by atoms with van der Waals surface area (Å²) in [6, 6.07) is 19.0. The van der Waals surface area contributed by atoms with Crippen molar-refractivity contribution in [2.75, 3.05) is 23.9 Å². The number of benzene rings is 3. The molecule has 1 aliphatic rings. The zero-order valence-corrected chi connectivity index (χ0v) is 16.3. The van der Waals surface area contributed by atoms with E-state index in [1.54, 1.807) is 12.0 Å². The number of hydrogen-bond donors (Lipinski definition) is 2. The number of rotatable bonds is 5. The smallest absolute Gasteiger partial charge is 0.319 e. The number of fused-ring (bicyclic) bond motifs is 1. The van der Waals surface area contributed by atoms with Crippen LogP contribution in [0.2, 0.25) is 0 Å². The summed E-state index contributed by atoms with van der Waals surface area (Å²) in [5.74, 6) is 0.945. The van der Waals surface area contributed by atoms with Crippen molar-refractivity contribution >= 4 is 34.1 Å². The van der Waals surface area contributed by atoms with Crippen molar-refractivity contribution in [2.45, 2.75) is 19.4 Å². The topological polar surface area (TPSA) is 70.7 Å². The molecule has 148 valence electrons. The highest BCUT2D eigenvalue weighted by atomic mass is 16.5. The van der Waals surface area contributed by atoms with Crippen LogP contribution in [0, 0.1) is 0 Å². The van der Waals surface area contributed by atoms with E-state index in [2.05, 4.69) is 16.7 Å². The van der Waals surface area contributed by atoms with Gasteiger partial charge < -0.3 is 20.3 Å². The molecule has 0 spiro atoms. The van der Waals surface area contributed by atoms with Gasteiger partial charge in [-0.3, -0.25) is 4.79 Å². The first kappa shape index (κ1) is 18.8. The quantitative estimate of drug-likeness (QED) is 0.684. The van der Waals surface area contributed by atoms with Crippen LogP contribution in [0.15, 0.2) is 60.7 Å². The highest BCUT2D eigenvalue weighted by Gasteiger charge is 2.21. The predicted molar refractivity (Wildman–Crippen MR) is 114 cm³/mol. The van der Waals surface area contributed by atoms with E-state index in [-0.39, 0.29) is 11.9 Å². The van der Waals surface area contributed by atoms with E-state index in [9.17, 15) is 9.59 Å². The Balaban J connectivity index is 1.38. The number of anilines is 2. The van der Waals surface area contributed by atoms with Crippen LogP contribution >= 0.6 is 0 Å². The fraction of sp³-hybridized carbons (Fsp3) is 0.217. The van der Waals surface area contributed by atoms with Crippen LogP contribution in [-0.2, 0) is 11.3 Å². The standard InChI is InChI=1S/C23H23N3O3/c1-29-21-10-9-17-12-16(7-8-18(17)13-21)15-24-23(28)25-19-4-2-5-20(14-19)26-11-3-6-22(26)27/h2,4-5,7-10,12-14H,3,6,11,15H2,1H3,(H2,24,25,28). The highest BCUT2D eigenvalue weighted by molar-refractivity contribution is 5.96. The van der Waals surface area contributed by atoms with Crippen LogP contribution in [0.25, 0.3) is 10.8 Å². The van der Waals surface area contributed by atoms with E-state index in [1.807, 2.05) is 54.6 Å². The second-order valence-electron chi connectivity index (χ2n) is 7.05. The number of amides is 3. The van der Waals surface area contributed by atoms with Gasteiger partial charge in [-0.25, -0.2) is 4.79 Å². The first-order valence-corrected chi connectivity index (χ1v) is 9.64. The maximum atomic E-state index is 12.3. The third kappa shape index (κ3) is 4.32. The molecular weight excluding hydrogens is 366 g/mol. The normalized spacial score (nSPS) is 13.6. The van der Waals surface area contributed by atoms with E-state index in [0.717, 1.165) is 40.7 Å². The SMILES string of the molecule is COc1ccc2cc(CNC(=O)Nc3cccc(N4CCCC4=O)c3)ccc2c1. The zero-order chi connectivity index (χ0) is 20.2. The molecule has 3 aromatic rings. The Morgan fingerprint density at radius 3 is 2.69 bits per heavy atom. The van der Waals surface area contributed by atoms with Crippen LogP contribution in [0.4, 0.5) is 16.2 Å². The molecule has 1 fully saturated rings. The van der Waals surface area contributed by atoms with Gasteiger partial charge in [-0.2, -0.15) is 0 Å². The van der Waals surface area contributed by atoms with Crippen LogP contribution in [0.1, 0.15) is 18.4 Å². The van der Waals surface area contributed by atoms with Crippen LogP contribution in [-0.4, -0.2) is 25.6 Å². The van der Waals surface area contributed by atoms with E-state index in [4.69, 9.17) is 4.74 Å². The largest absolute Gasteiger partial charge is 0.497 e. The molecule has 1 aliphatic heterocycles. The summed E-state index contributed by atoms with van der Waals surface area (Å²) in [5, 5.41) is 7.90. The minimum absolute atomic E-state index is 0.125. The van der Waals surface area contributed by atoms with Gasteiger partial charge in [-0.1, -0.05) is 24.3 Å². The van der Waals surface area contributed by atoms with Crippen LogP contribution < -0.4 is 20.3 Å². The van der Waals surface area contributed by atoms with Gasteiger partial charge in [0, 0.05) is 30.9 Å².